The van der Waals surface area contributed by atoms with Gasteiger partial charge in [0, 0.05) is 40.5 Å². The standard InChI is InChI=1S/C35H38ClF2N6O5PS2/c1-50(2,49)35(37,38)21-5-11-27-20(15-21)16-28(51-27)32(47)43-25-17-40-14-13-23-8-10-26(44(23)34(25)48)31(46)42-24(9-12-30(39)45)33-41-18-29(52-33)19-3-6-22(36)7-4-19/h3-7,11,15-16,18,23-26,40H,8-10,12-14,17H2,1-2H3,(H2,39,45)(H,42,46)(H,43,47)/t23-,24+,25+,26+/m1/s1. The van der Waals surface area contributed by atoms with Crippen LogP contribution >= 0.6 is 41.4 Å². The number of hydrogen-bond donors (Lipinski definition) is 4. The van der Waals surface area contributed by atoms with E-state index >= 15 is 0 Å². The molecule has 4 aromatic rings. The van der Waals surface area contributed by atoms with Crippen LogP contribution in [0.4, 0.5) is 8.78 Å². The third kappa shape index (κ3) is 8.08. The predicted molar refractivity (Wildman–Crippen MR) is 199 cm³/mol. The van der Waals surface area contributed by atoms with Crippen LogP contribution in [0.25, 0.3) is 20.5 Å². The molecule has 4 amide bonds. The van der Waals surface area contributed by atoms with E-state index in [0.717, 1.165) is 35.1 Å². The average Bonchev–Trinajstić information content (AvgIpc) is 3.85. The van der Waals surface area contributed by atoms with E-state index in [1.165, 1.54) is 35.6 Å². The second kappa shape index (κ2) is 15.3. The van der Waals surface area contributed by atoms with E-state index < -0.39 is 60.1 Å². The van der Waals surface area contributed by atoms with Crippen LogP contribution in [-0.4, -0.2) is 78.1 Å². The van der Waals surface area contributed by atoms with Crippen LogP contribution in [-0.2, 0) is 24.6 Å². The second-order valence-electron chi connectivity index (χ2n) is 13.4. The highest BCUT2D eigenvalue weighted by atomic mass is 35.5. The highest BCUT2D eigenvalue weighted by molar-refractivity contribution is 7.63. The second-order valence-corrected chi connectivity index (χ2v) is 19.2. The fourth-order valence-electron chi connectivity index (χ4n) is 6.54. The zero-order chi connectivity index (χ0) is 37.4. The smallest absolute Gasteiger partial charge is 0.322 e. The van der Waals surface area contributed by atoms with Crippen LogP contribution in [0.5, 0.6) is 0 Å². The highest BCUT2D eigenvalue weighted by Crippen LogP contribution is 2.60. The van der Waals surface area contributed by atoms with Gasteiger partial charge in [-0.05, 0) is 86.8 Å². The average molecular weight is 791 g/mol. The minimum absolute atomic E-state index is 0.00992. The van der Waals surface area contributed by atoms with Crippen LogP contribution in [0.3, 0.4) is 0 Å². The van der Waals surface area contributed by atoms with Gasteiger partial charge in [-0.2, -0.15) is 8.78 Å². The first kappa shape index (κ1) is 38.0. The number of rotatable bonds is 11. The molecule has 0 unspecified atom stereocenters. The summed E-state index contributed by atoms with van der Waals surface area (Å²) in [6.45, 7) is 2.75. The minimum Gasteiger partial charge on any atom is -0.370 e. The fourth-order valence-corrected chi connectivity index (χ4v) is 9.39. The molecule has 2 fully saturated rings. The molecular weight excluding hydrogens is 753 g/mol. The van der Waals surface area contributed by atoms with Crippen LogP contribution in [0.2, 0.25) is 5.02 Å². The van der Waals surface area contributed by atoms with Crippen molar-refractivity contribution in [1.82, 2.24) is 25.8 Å². The first-order chi connectivity index (χ1) is 24.6. The Balaban J connectivity index is 1.19. The van der Waals surface area contributed by atoms with Gasteiger partial charge in [-0.15, -0.1) is 22.7 Å². The maximum atomic E-state index is 14.8. The molecule has 276 valence electrons. The summed E-state index contributed by atoms with van der Waals surface area (Å²) in [7, 11) is -3.80. The van der Waals surface area contributed by atoms with Crippen molar-refractivity contribution in [2.75, 3.05) is 26.4 Å². The van der Waals surface area contributed by atoms with Crippen LogP contribution in [0.15, 0.2) is 54.7 Å². The summed E-state index contributed by atoms with van der Waals surface area (Å²) in [5, 5.41) is 10.6. The number of nitrogens with two attached hydrogens (primary N) is 1. The van der Waals surface area contributed by atoms with Crippen molar-refractivity contribution < 1.29 is 32.5 Å². The number of amides is 4. The van der Waals surface area contributed by atoms with E-state index in [0.29, 0.717) is 45.9 Å². The van der Waals surface area contributed by atoms with E-state index in [4.69, 9.17) is 17.3 Å². The normalized spacial score (nSPS) is 20.2. The molecule has 0 radical (unpaired) electrons. The van der Waals surface area contributed by atoms with Crippen molar-refractivity contribution in [3.63, 3.8) is 0 Å². The molecule has 4 atom stereocenters. The molecule has 4 heterocycles. The van der Waals surface area contributed by atoms with Crippen molar-refractivity contribution in [3.05, 3.63) is 75.2 Å². The van der Waals surface area contributed by atoms with Gasteiger partial charge in [0.2, 0.25) is 17.7 Å². The first-order valence-electron chi connectivity index (χ1n) is 16.7. The molecule has 0 bridgehead atoms. The molecule has 0 aliphatic carbocycles. The lowest BCUT2D eigenvalue weighted by Crippen LogP contribution is -2.60. The van der Waals surface area contributed by atoms with Gasteiger partial charge >= 0.3 is 5.66 Å². The van der Waals surface area contributed by atoms with Crippen molar-refractivity contribution in [1.29, 1.82) is 0 Å². The number of aromatic nitrogens is 1. The monoisotopic (exact) mass is 790 g/mol. The maximum absolute atomic E-state index is 14.8. The number of thiophene rings is 1. The molecule has 2 saturated heterocycles. The summed E-state index contributed by atoms with van der Waals surface area (Å²) in [6.07, 6.45) is 3.53. The number of benzene rings is 2. The predicted octanol–water partition coefficient (Wildman–Crippen LogP) is 5.92. The number of nitrogens with zero attached hydrogens (tertiary/aromatic N) is 2. The van der Waals surface area contributed by atoms with Crippen molar-refractivity contribution in [2.24, 2.45) is 5.73 Å². The molecule has 2 aromatic heterocycles. The number of carbonyl (C=O) groups is 4. The lowest BCUT2D eigenvalue weighted by Gasteiger charge is -2.35. The highest BCUT2D eigenvalue weighted by Gasteiger charge is 2.46. The molecule has 0 spiro atoms. The summed E-state index contributed by atoms with van der Waals surface area (Å²) < 4.78 is 42.5. The molecular formula is C35H38ClF2N6O5PS2. The van der Waals surface area contributed by atoms with Gasteiger partial charge in [0.1, 0.15) is 17.1 Å². The Morgan fingerprint density at radius 1 is 1.12 bits per heavy atom. The number of alkyl halides is 2. The van der Waals surface area contributed by atoms with Crippen LogP contribution in [0, 0.1) is 0 Å². The van der Waals surface area contributed by atoms with Gasteiger partial charge in [0.05, 0.1) is 15.8 Å². The van der Waals surface area contributed by atoms with Crippen LogP contribution < -0.4 is 21.7 Å². The largest absolute Gasteiger partial charge is 0.370 e. The molecule has 6 rings (SSSR count). The maximum Gasteiger partial charge on any atom is 0.322 e. The number of fused-ring (bicyclic) bond motifs is 2. The summed E-state index contributed by atoms with van der Waals surface area (Å²) in [6, 6.07) is 9.96. The number of hydrogen-bond acceptors (Lipinski definition) is 9. The SMILES string of the molecule is CP(C)(=O)C(F)(F)c1ccc2sc(C(=O)N[C@H]3CNCC[C@H]4CC[C@@H](C(=O)N[C@@H](CCC(N)=O)c5ncc(-c6ccc(Cl)cc6)s5)N4C3=O)cc2c1. The van der Waals surface area contributed by atoms with E-state index in [1.807, 2.05) is 12.1 Å². The van der Waals surface area contributed by atoms with Gasteiger partial charge in [0.15, 0.2) is 7.14 Å². The fraction of sp³-hybridized carbons (Fsp3) is 0.400. The lowest BCUT2D eigenvalue weighted by atomic mass is 10.1. The van der Waals surface area contributed by atoms with E-state index in [9.17, 15) is 32.5 Å². The summed E-state index contributed by atoms with van der Waals surface area (Å²) >= 11 is 8.50. The van der Waals surface area contributed by atoms with E-state index in [1.54, 1.807) is 23.2 Å². The van der Waals surface area contributed by atoms with Gasteiger partial charge in [-0.25, -0.2) is 4.98 Å². The number of halogens is 3. The number of primary amides is 1. The molecule has 2 aromatic carbocycles. The number of nitrogens with one attached hydrogen (secondary N) is 3. The van der Waals surface area contributed by atoms with Gasteiger partial charge < -0.3 is 31.1 Å². The molecule has 2 aliphatic heterocycles. The Hall–Kier alpha value is -3.75. The van der Waals surface area contributed by atoms with Crippen molar-refractivity contribution in [3.8, 4) is 10.4 Å². The van der Waals surface area contributed by atoms with Gasteiger partial charge in [-0.3, -0.25) is 19.2 Å². The minimum atomic E-state index is -3.80. The molecule has 17 heteroatoms. The van der Waals surface area contributed by atoms with E-state index in [-0.39, 0.29) is 30.3 Å². The number of thiazole rings is 1. The first-order valence-corrected chi connectivity index (χ1v) is 21.3. The Kier molecular flexibility index (Phi) is 11.2. The number of carbonyl (C=O) groups excluding carboxylic acids is 4. The lowest BCUT2D eigenvalue weighted by molar-refractivity contribution is -0.142. The summed E-state index contributed by atoms with van der Waals surface area (Å²) in [4.78, 5) is 60.5. The van der Waals surface area contributed by atoms with Crippen LogP contribution in [0.1, 0.15) is 58.4 Å². The zero-order valence-electron chi connectivity index (χ0n) is 28.4. The van der Waals surface area contributed by atoms with Gasteiger partial charge in [0.25, 0.3) is 5.91 Å². The molecule has 5 N–H and O–H groups in total. The topological polar surface area (TPSA) is 164 Å². The summed E-state index contributed by atoms with van der Waals surface area (Å²) in [5.74, 6) is -1.89. The molecule has 0 saturated carbocycles. The zero-order valence-corrected chi connectivity index (χ0v) is 31.6. The van der Waals surface area contributed by atoms with E-state index in [2.05, 4.69) is 20.9 Å². The third-order valence-corrected chi connectivity index (χ3v) is 13.5. The Bertz CT molecular complexity index is 2050. The Morgan fingerprint density at radius 3 is 2.58 bits per heavy atom. The van der Waals surface area contributed by atoms with Crippen molar-refractivity contribution >= 4 is 75.1 Å². The molecule has 11 nitrogen and oxygen atoms in total. The molecule has 52 heavy (non-hydrogen) atoms. The van der Waals surface area contributed by atoms with Crippen molar-refractivity contribution in [2.45, 2.75) is 61.9 Å². The quantitative estimate of drug-likeness (QED) is 0.137. The van der Waals surface area contributed by atoms with Gasteiger partial charge in [-0.1, -0.05) is 29.8 Å². The summed E-state index contributed by atoms with van der Waals surface area (Å²) in [5.41, 5.74) is 2.44. The molecule has 2 aliphatic rings. The Morgan fingerprint density at radius 2 is 1.87 bits per heavy atom. The Labute approximate surface area is 312 Å². The third-order valence-electron chi connectivity index (χ3n) is 9.38.